The van der Waals surface area contributed by atoms with Crippen LogP contribution in [-0.4, -0.2) is 0 Å². The number of allylic oxidation sites excluding steroid dienone is 2. The Morgan fingerprint density at radius 2 is 1.36 bits per heavy atom. The standard InChI is InChI=1S/C26H34N2/c27-19-3-6-23-9-7-21(8-10-23)4-1-2-5-22-11-15-25(16-12-22)26-17-13-24(20-28)14-18-26/h3,6,13-14,17-18,21-23,25H,1-2,4-5,7-12,15-16H2/t21-,22-,23-,25-. The van der Waals surface area contributed by atoms with E-state index in [4.69, 9.17) is 10.5 Å². The molecule has 0 aliphatic heterocycles. The molecule has 0 N–H and O–H groups in total. The molecule has 2 saturated carbocycles. The lowest BCUT2D eigenvalue weighted by Gasteiger charge is -2.29. The van der Waals surface area contributed by atoms with E-state index in [2.05, 4.69) is 30.3 Å². The van der Waals surface area contributed by atoms with Crippen molar-refractivity contribution in [3.05, 3.63) is 47.5 Å². The number of benzene rings is 1. The van der Waals surface area contributed by atoms with E-state index < -0.39 is 0 Å². The fourth-order valence-corrected chi connectivity index (χ4v) is 5.33. The Hall–Kier alpha value is -2.06. The zero-order valence-electron chi connectivity index (χ0n) is 17.2. The number of unbranched alkanes of at least 4 members (excludes halogenated alkanes) is 1. The van der Waals surface area contributed by atoms with Gasteiger partial charge in [-0.25, -0.2) is 0 Å². The molecule has 0 bridgehead atoms. The molecule has 0 spiro atoms. The van der Waals surface area contributed by atoms with Gasteiger partial charge >= 0.3 is 0 Å². The molecule has 28 heavy (non-hydrogen) atoms. The number of hydrogen-bond donors (Lipinski definition) is 0. The molecule has 2 aliphatic rings. The summed E-state index contributed by atoms with van der Waals surface area (Å²) in [6.45, 7) is 0. The third-order valence-electron chi connectivity index (χ3n) is 7.17. The van der Waals surface area contributed by atoms with Crippen molar-refractivity contribution in [3.8, 4) is 12.1 Å². The molecule has 0 heterocycles. The lowest BCUT2D eigenvalue weighted by Crippen LogP contribution is -2.14. The number of nitrogens with zero attached hydrogens (tertiary/aromatic N) is 2. The van der Waals surface area contributed by atoms with Crippen LogP contribution >= 0.6 is 0 Å². The van der Waals surface area contributed by atoms with Crippen molar-refractivity contribution in [2.75, 3.05) is 0 Å². The fourth-order valence-electron chi connectivity index (χ4n) is 5.33. The first kappa shape index (κ1) is 20.7. The second-order valence-corrected chi connectivity index (χ2v) is 9.00. The van der Waals surface area contributed by atoms with Crippen LogP contribution in [0.15, 0.2) is 36.4 Å². The van der Waals surface area contributed by atoms with Gasteiger partial charge in [0.2, 0.25) is 0 Å². The van der Waals surface area contributed by atoms with Crippen LogP contribution in [0.5, 0.6) is 0 Å². The highest BCUT2D eigenvalue weighted by Crippen LogP contribution is 2.38. The Labute approximate surface area is 171 Å². The van der Waals surface area contributed by atoms with Crippen LogP contribution in [0.25, 0.3) is 0 Å². The van der Waals surface area contributed by atoms with E-state index in [0.29, 0.717) is 11.8 Å². The van der Waals surface area contributed by atoms with Crippen molar-refractivity contribution in [1.82, 2.24) is 0 Å². The lowest BCUT2D eigenvalue weighted by molar-refractivity contribution is 0.273. The molecular weight excluding hydrogens is 340 g/mol. The minimum atomic E-state index is 0.655. The maximum absolute atomic E-state index is 8.94. The van der Waals surface area contributed by atoms with E-state index in [9.17, 15) is 0 Å². The molecule has 2 aliphatic carbocycles. The summed E-state index contributed by atoms with van der Waals surface area (Å²) in [5.41, 5.74) is 2.20. The van der Waals surface area contributed by atoms with Gasteiger partial charge in [0, 0.05) is 6.08 Å². The van der Waals surface area contributed by atoms with Gasteiger partial charge in [0.25, 0.3) is 0 Å². The molecule has 2 heteroatoms. The average molecular weight is 375 g/mol. The fraction of sp³-hybridized carbons (Fsp3) is 0.615. The minimum Gasteiger partial charge on any atom is -0.193 e. The van der Waals surface area contributed by atoms with Gasteiger partial charge in [-0.15, -0.1) is 0 Å². The molecular formula is C26H34N2. The third kappa shape index (κ3) is 6.24. The van der Waals surface area contributed by atoms with Gasteiger partial charge in [-0.1, -0.05) is 43.9 Å². The highest BCUT2D eigenvalue weighted by molar-refractivity contribution is 5.33. The van der Waals surface area contributed by atoms with Gasteiger partial charge in [0.05, 0.1) is 17.7 Å². The lowest BCUT2D eigenvalue weighted by atomic mass is 9.76. The van der Waals surface area contributed by atoms with Gasteiger partial charge in [0.1, 0.15) is 0 Å². The molecule has 148 valence electrons. The quantitative estimate of drug-likeness (QED) is 0.372. The number of hydrogen-bond acceptors (Lipinski definition) is 2. The third-order valence-corrected chi connectivity index (χ3v) is 7.17. The molecule has 0 radical (unpaired) electrons. The van der Waals surface area contributed by atoms with Gasteiger partial charge in [0.15, 0.2) is 0 Å². The zero-order chi connectivity index (χ0) is 19.6. The molecule has 3 rings (SSSR count). The summed E-state index contributed by atoms with van der Waals surface area (Å²) in [5, 5.41) is 17.6. The highest BCUT2D eigenvalue weighted by Gasteiger charge is 2.23. The minimum absolute atomic E-state index is 0.655. The smallest absolute Gasteiger partial charge is 0.0991 e. The maximum atomic E-state index is 8.94. The molecule has 0 amide bonds. The SMILES string of the molecule is N#CC=C[C@H]1CC[C@H](CCCC[C@H]2CC[C@H](c3ccc(C#N)cc3)CC2)CC1. The Balaban J connectivity index is 1.27. The Bertz CT molecular complexity index is 687. The molecule has 2 fully saturated rings. The summed E-state index contributed by atoms with van der Waals surface area (Å²) in [5.74, 6) is 3.22. The topological polar surface area (TPSA) is 47.6 Å². The summed E-state index contributed by atoms with van der Waals surface area (Å²) in [6, 6.07) is 12.6. The average Bonchev–Trinajstić information content (AvgIpc) is 2.76. The van der Waals surface area contributed by atoms with Crippen LogP contribution < -0.4 is 0 Å². The molecule has 1 aromatic rings. The monoisotopic (exact) mass is 374 g/mol. The van der Waals surface area contributed by atoms with E-state index in [0.717, 1.165) is 17.4 Å². The van der Waals surface area contributed by atoms with Crippen LogP contribution in [-0.2, 0) is 0 Å². The van der Waals surface area contributed by atoms with Crippen molar-refractivity contribution in [2.24, 2.45) is 17.8 Å². The summed E-state index contributed by atoms with van der Waals surface area (Å²) in [6.07, 6.45) is 20.1. The molecule has 0 saturated heterocycles. The van der Waals surface area contributed by atoms with Gasteiger partial charge in [-0.3, -0.25) is 0 Å². The molecule has 1 aromatic carbocycles. The molecule has 0 unspecified atom stereocenters. The number of rotatable bonds is 7. The Kier molecular flexibility index (Phi) is 8.17. The van der Waals surface area contributed by atoms with E-state index in [1.807, 2.05) is 12.1 Å². The first-order valence-electron chi connectivity index (χ1n) is 11.3. The normalized spacial score (nSPS) is 27.9. The number of nitriles is 2. The van der Waals surface area contributed by atoms with Crippen LogP contribution in [0.1, 0.15) is 94.1 Å². The summed E-state index contributed by atoms with van der Waals surface area (Å²) < 4.78 is 0. The first-order valence-corrected chi connectivity index (χ1v) is 11.3. The maximum Gasteiger partial charge on any atom is 0.0991 e. The van der Waals surface area contributed by atoms with E-state index in [1.165, 1.54) is 82.6 Å². The van der Waals surface area contributed by atoms with Crippen molar-refractivity contribution < 1.29 is 0 Å². The Morgan fingerprint density at radius 1 is 0.786 bits per heavy atom. The van der Waals surface area contributed by atoms with E-state index >= 15 is 0 Å². The van der Waals surface area contributed by atoms with Crippen LogP contribution in [0, 0.1) is 40.4 Å². The summed E-state index contributed by atoms with van der Waals surface area (Å²) in [7, 11) is 0. The molecule has 0 aromatic heterocycles. The van der Waals surface area contributed by atoms with Crippen LogP contribution in [0.2, 0.25) is 0 Å². The van der Waals surface area contributed by atoms with Gasteiger partial charge in [-0.2, -0.15) is 10.5 Å². The van der Waals surface area contributed by atoms with Crippen LogP contribution in [0.4, 0.5) is 0 Å². The van der Waals surface area contributed by atoms with Crippen LogP contribution in [0.3, 0.4) is 0 Å². The van der Waals surface area contributed by atoms with E-state index in [1.54, 1.807) is 6.08 Å². The van der Waals surface area contributed by atoms with Crippen molar-refractivity contribution in [1.29, 1.82) is 10.5 Å². The largest absolute Gasteiger partial charge is 0.193 e. The predicted molar refractivity (Wildman–Crippen MR) is 115 cm³/mol. The van der Waals surface area contributed by atoms with Gasteiger partial charge < -0.3 is 0 Å². The van der Waals surface area contributed by atoms with Crippen molar-refractivity contribution >= 4 is 0 Å². The van der Waals surface area contributed by atoms with Crippen molar-refractivity contribution in [2.45, 2.75) is 83.0 Å². The second-order valence-electron chi connectivity index (χ2n) is 9.00. The van der Waals surface area contributed by atoms with E-state index in [-0.39, 0.29) is 0 Å². The molecule has 0 atom stereocenters. The Morgan fingerprint density at radius 3 is 1.89 bits per heavy atom. The zero-order valence-corrected chi connectivity index (χ0v) is 17.2. The summed E-state index contributed by atoms with van der Waals surface area (Å²) >= 11 is 0. The summed E-state index contributed by atoms with van der Waals surface area (Å²) in [4.78, 5) is 0. The van der Waals surface area contributed by atoms with Gasteiger partial charge in [-0.05, 0) is 92.7 Å². The second kappa shape index (κ2) is 11.1. The predicted octanol–water partition coefficient (Wildman–Crippen LogP) is 7.28. The molecule has 2 nitrogen and oxygen atoms in total. The highest BCUT2D eigenvalue weighted by atomic mass is 14.3. The van der Waals surface area contributed by atoms with Crippen molar-refractivity contribution in [3.63, 3.8) is 0 Å². The first-order chi connectivity index (χ1) is 13.8.